The number of hydrogen-bond acceptors (Lipinski definition) is 5. The van der Waals surface area contributed by atoms with Crippen molar-refractivity contribution < 1.29 is 19.1 Å². The number of halogens is 2. The molecule has 1 saturated heterocycles. The molecule has 5 rings (SSSR count). The van der Waals surface area contributed by atoms with Gasteiger partial charge < -0.3 is 14.4 Å². The Kier molecular flexibility index (Phi) is 8.28. The van der Waals surface area contributed by atoms with E-state index in [2.05, 4.69) is 0 Å². The summed E-state index contributed by atoms with van der Waals surface area (Å²) in [4.78, 5) is 36.0. The summed E-state index contributed by atoms with van der Waals surface area (Å²) >= 11 is 12.6. The molecule has 0 saturated carbocycles. The Morgan fingerprint density at radius 3 is 2.14 bits per heavy atom. The highest BCUT2D eigenvalue weighted by Gasteiger charge is 2.60. The molecule has 2 atom stereocenters. The average Bonchev–Trinajstić information content (AvgIpc) is 3.21. The van der Waals surface area contributed by atoms with Crippen molar-refractivity contribution >= 4 is 40.9 Å². The molecule has 42 heavy (non-hydrogen) atoms. The molecule has 0 bridgehead atoms. The van der Waals surface area contributed by atoms with Gasteiger partial charge in [0.1, 0.15) is 28.4 Å². The molecule has 2 heterocycles. The first-order valence-electron chi connectivity index (χ1n) is 14.1. The summed E-state index contributed by atoms with van der Waals surface area (Å²) in [7, 11) is 1.60. The van der Waals surface area contributed by atoms with Gasteiger partial charge in [-0.25, -0.2) is 4.79 Å². The molecular weight excluding hydrogens is 573 g/mol. The zero-order chi connectivity index (χ0) is 30.2. The fraction of sp³-hybridized carbons (Fsp3) is 0.364. The number of rotatable bonds is 6. The van der Waals surface area contributed by atoms with E-state index < -0.39 is 11.1 Å². The van der Waals surface area contributed by atoms with Crippen molar-refractivity contribution in [2.24, 2.45) is 4.99 Å². The van der Waals surface area contributed by atoms with Crippen molar-refractivity contribution in [1.82, 2.24) is 9.80 Å². The second-order valence-corrected chi connectivity index (χ2v) is 12.2. The molecule has 3 aromatic rings. The predicted octanol–water partition coefficient (Wildman–Crippen LogP) is 7.47. The number of nitrogens with zero attached hydrogens (tertiary/aromatic N) is 3. The lowest BCUT2D eigenvalue weighted by atomic mass is 9.71. The number of benzene rings is 3. The van der Waals surface area contributed by atoms with Crippen LogP contribution in [0.5, 0.6) is 11.5 Å². The van der Waals surface area contributed by atoms with Gasteiger partial charge in [0.2, 0.25) is 0 Å². The lowest BCUT2D eigenvalue weighted by Crippen LogP contribution is -2.59. The number of amides is 2. The van der Waals surface area contributed by atoms with Gasteiger partial charge in [-0.15, -0.1) is 0 Å². The zero-order valence-corrected chi connectivity index (χ0v) is 26.0. The standard InChI is InChI=1S/C33H35Cl2N3O4/c1-21(2)42-29-19-27(41-5)16-17-28(29)30-36-32(3,22-8-12-24(34)13-9-22)33(4,23-10-14-25(35)15-11-23)38(30)31(40)37-18-6-7-26(39)20-37/h8-17,19,21H,6-7,18,20H2,1-5H3/t32-,33+/m1/s1. The van der Waals surface area contributed by atoms with Gasteiger partial charge in [0.15, 0.2) is 5.78 Å². The number of Topliss-reactive ketones (excluding diaryl/α,β-unsaturated/α-hetero) is 1. The minimum Gasteiger partial charge on any atom is -0.497 e. The van der Waals surface area contributed by atoms with E-state index >= 15 is 0 Å². The van der Waals surface area contributed by atoms with Crippen LogP contribution in [-0.4, -0.2) is 53.8 Å². The fourth-order valence-electron chi connectivity index (χ4n) is 5.88. The number of amidine groups is 1. The van der Waals surface area contributed by atoms with Crippen LogP contribution in [0.3, 0.4) is 0 Å². The molecule has 0 aliphatic carbocycles. The molecule has 3 aromatic carbocycles. The molecule has 0 spiro atoms. The third-order valence-corrected chi connectivity index (χ3v) is 8.76. The summed E-state index contributed by atoms with van der Waals surface area (Å²) in [5.74, 6) is 1.63. The van der Waals surface area contributed by atoms with E-state index in [1.54, 1.807) is 16.9 Å². The summed E-state index contributed by atoms with van der Waals surface area (Å²) in [5.41, 5.74) is 0.309. The number of carbonyl (C=O) groups excluding carboxylic acids is 2. The van der Waals surface area contributed by atoms with Gasteiger partial charge in [-0.3, -0.25) is 14.7 Å². The van der Waals surface area contributed by atoms with E-state index in [1.807, 2.05) is 94.4 Å². The van der Waals surface area contributed by atoms with E-state index in [0.29, 0.717) is 52.3 Å². The van der Waals surface area contributed by atoms with Crippen LogP contribution in [0.25, 0.3) is 0 Å². The first kappa shape index (κ1) is 29.9. The van der Waals surface area contributed by atoms with Gasteiger partial charge >= 0.3 is 6.03 Å². The molecule has 2 aliphatic rings. The molecular formula is C33H35Cl2N3O4. The molecule has 0 radical (unpaired) electrons. The first-order chi connectivity index (χ1) is 20.0. The maximum atomic E-state index is 14.7. The van der Waals surface area contributed by atoms with Gasteiger partial charge in [0, 0.05) is 29.1 Å². The summed E-state index contributed by atoms with van der Waals surface area (Å²) < 4.78 is 11.8. The van der Waals surface area contributed by atoms with Crippen LogP contribution < -0.4 is 9.47 Å². The highest BCUT2D eigenvalue weighted by molar-refractivity contribution is 6.30. The topological polar surface area (TPSA) is 71.4 Å². The Morgan fingerprint density at radius 1 is 0.952 bits per heavy atom. The van der Waals surface area contributed by atoms with Crippen LogP contribution in [0, 0.1) is 0 Å². The largest absolute Gasteiger partial charge is 0.497 e. The number of ketones is 1. The van der Waals surface area contributed by atoms with Gasteiger partial charge in [-0.05, 0) is 81.6 Å². The summed E-state index contributed by atoms with van der Waals surface area (Å²) in [5, 5.41) is 1.18. The Labute approximate surface area is 257 Å². The number of urea groups is 1. The van der Waals surface area contributed by atoms with E-state index in [4.69, 9.17) is 37.7 Å². The van der Waals surface area contributed by atoms with E-state index in [0.717, 1.165) is 11.1 Å². The lowest BCUT2D eigenvalue weighted by molar-refractivity contribution is -0.121. The highest BCUT2D eigenvalue weighted by Crippen LogP contribution is 2.54. The van der Waals surface area contributed by atoms with Crippen molar-refractivity contribution in [3.05, 3.63) is 93.5 Å². The molecule has 9 heteroatoms. The number of ether oxygens (including phenoxy) is 2. The molecule has 0 N–H and O–H groups in total. The van der Waals surface area contributed by atoms with Crippen molar-refractivity contribution in [1.29, 1.82) is 0 Å². The highest BCUT2D eigenvalue weighted by atomic mass is 35.5. The maximum Gasteiger partial charge on any atom is 0.326 e. The molecule has 0 unspecified atom stereocenters. The third-order valence-electron chi connectivity index (χ3n) is 8.25. The number of piperidine rings is 1. The Bertz CT molecular complexity index is 1520. The number of methoxy groups -OCH3 is 1. The SMILES string of the molecule is COc1ccc(C2=N[C@](C)(c3ccc(Cl)cc3)[C@](C)(c3ccc(Cl)cc3)N2C(=O)N2CCCC(=O)C2)c(OC(C)C)c1. The third kappa shape index (κ3) is 5.25. The molecule has 0 aromatic heterocycles. The first-order valence-corrected chi connectivity index (χ1v) is 14.8. The average molecular weight is 609 g/mol. The quantitative estimate of drug-likeness (QED) is 0.291. The van der Waals surface area contributed by atoms with E-state index in [9.17, 15) is 9.59 Å². The summed E-state index contributed by atoms with van der Waals surface area (Å²) in [6.07, 6.45) is 0.931. The second-order valence-electron chi connectivity index (χ2n) is 11.3. The van der Waals surface area contributed by atoms with Crippen molar-refractivity contribution in [3.8, 4) is 11.5 Å². The van der Waals surface area contributed by atoms with Crippen LogP contribution in [0.2, 0.25) is 10.0 Å². The van der Waals surface area contributed by atoms with Crippen LogP contribution >= 0.6 is 23.2 Å². The second kappa shape index (κ2) is 11.6. The van der Waals surface area contributed by atoms with Crippen LogP contribution in [0.15, 0.2) is 71.7 Å². The number of aliphatic imine (C=N–C) groups is 1. The molecule has 7 nitrogen and oxygen atoms in total. The predicted molar refractivity (Wildman–Crippen MR) is 166 cm³/mol. The Hall–Kier alpha value is -3.55. The number of carbonyl (C=O) groups is 2. The van der Waals surface area contributed by atoms with Crippen molar-refractivity contribution in [2.75, 3.05) is 20.2 Å². The summed E-state index contributed by atoms with van der Waals surface area (Å²) in [6.45, 7) is 8.44. The van der Waals surface area contributed by atoms with Gasteiger partial charge in [0.25, 0.3) is 0 Å². The molecule has 1 fully saturated rings. The van der Waals surface area contributed by atoms with Gasteiger partial charge in [0.05, 0.1) is 25.3 Å². The Balaban J connectivity index is 1.81. The van der Waals surface area contributed by atoms with Crippen LogP contribution in [-0.2, 0) is 15.9 Å². The van der Waals surface area contributed by atoms with Gasteiger partial charge in [-0.1, -0.05) is 47.5 Å². The minimum absolute atomic E-state index is 0.0363. The molecule has 220 valence electrons. The van der Waals surface area contributed by atoms with E-state index in [1.165, 1.54) is 0 Å². The fourth-order valence-corrected chi connectivity index (χ4v) is 6.13. The maximum absolute atomic E-state index is 14.7. The minimum atomic E-state index is -1.05. The van der Waals surface area contributed by atoms with E-state index in [-0.39, 0.29) is 24.5 Å². The molecule has 2 aliphatic heterocycles. The van der Waals surface area contributed by atoms with Crippen molar-refractivity contribution in [2.45, 2.75) is 57.7 Å². The van der Waals surface area contributed by atoms with Crippen LogP contribution in [0.4, 0.5) is 4.79 Å². The Morgan fingerprint density at radius 2 is 1.57 bits per heavy atom. The number of hydrogen-bond donors (Lipinski definition) is 0. The summed E-state index contributed by atoms with van der Waals surface area (Å²) in [6, 6.07) is 20.2. The smallest absolute Gasteiger partial charge is 0.326 e. The van der Waals surface area contributed by atoms with Gasteiger partial charge in [-0.2, -0.15) is 0 Å². The number of likely N-dealkylation sites (tertiary alicyclic amines) is 1. The lowest BCUT2D eigenvalue weighted by Gasteiger charge is -2.47. The monoisotopic (exact) mass is 607 g/mol. The van der Waals surface area contributed by atoms with Crippen molar-refractivity contribution in [3.63, 3.8) is 0 Å². The molecule has 2 amide bonds. The zero-order valence-electron chi connectivity index (χ0n) is 24.5. The normalized spacial score (nSPS) is 22.4. The van der Waals surface area contributed by atoms with Crippen LogP contribution in [0.1, 0.15) is 57.2 Å².